The molecule has 0 heterocycles. The Labute approximate surface area is 86.8 Å². The van der Waals surface area contributed by atoms with Crippen LogP contribution in [-0.4, -0.2) is 18.4 Å². The van der Waals surface area contributed by atoms with Gasteiger partial charge in [0.15, 0.2) is 5.78 Å². The minimum Gasteiger partial charge on any atom is -0.313 e. The third kappa shape index (κ3) is 3.62. The van der Waals surface area contributed by atoms with Crippen LogP contribution in [0.3, 0.4) is 0 Å². The predicted octanol–water partition coefficient (Wildman–Crippen LogP) is 2.30. The van der Waals surface area contributed by atoms with Crippen molar-refractivity contribution in [3.63, 3.8) is 0 Å². The Morgan fingerprint density at radius 1 is 1.50 bits per heavy atom. The third-order valence-corrected chi connectivity index (χ3v) is 2.80. The molecule has 80 valence electrons. The van der Waals surface area contributed by atoms with E-state index in [1.807, 2.05) is 0 Å². The van der Waals surface area contributed by atoms with Crippen LogP contribution in [-0.2, 0) is 4.79 Å². The molecule has 1 aliphatic rings. The average Bonchev–Trinajstić information content (AvgIpc) is 2.58. The zero-order valence-electron chi connectivity index (χ0n) is 9.25. The van der Waals surface area contributed by atoms with Gasteiger partial charge in [0, 0.05) is 6.04 Å². The first-order valence-electron chi connectivity index (χ1n) is 5.66. The number of hydrogen-bond acceptors (Lipinski definition) is 2. The van der Waals surface area contributed by atoms with Gasteiger partial charge >= 0.3 is 0 Å². The Morgan fingerprint density at radius 2 is 2.29 bits per heavy atom. The van der Waals surface area contributed by atoms with Crippen LogP contribution in [0.15, 0.2) is 12.2 Å². The van der Waals surface area contributed by atoms with Crippen molar-refractivity contribution in [2.45, 2.75) is 45.6 Å². The van der Waals surface area contributed by atoms with E-state index < -0.39 is 0 Å². The molecule has 0 spiro atoms. The maximum absolute atomic E-state index is 10.8. The van der Waals surface area contributed by atoms with E-state index in [0.29, 0.717) is 12.0 Å². The summed E-state index contributed by atoms with van der Waals surface area (Å²) in [5.74, 6) is 0.733. The maximum Gasteiger partial charge on any atom is 0.152 e. The Kier molecular flexibility index (Phi) is 4.88. The minimum atomic E-state index is 0.158. The molecule has 0 aromatic carbocycles. The van der Waals surface area contributed by atoms with Gasteiger partial charge in [-0.25, -0.2) is 0 Å². The number of carbonyl (C=O) groups is 1. The van der Waals surface area contributed by atoms with Gasteiger partial charge in [-0.1, -0.05) is 19.4 Å². The maximum atomic E-state index is 10.8. The molecule has 1 saturated carbocycles. The highest BCUT2D eigenvalue weighted by molar-refractivity contribution is 5.87. The summed E-state index contributed by atoms with van der Waals surface area (Å²) in [6, 6.07) is 0.602. The highest BCUT2D eigenvalue weighted by atomic mass is 16.1. The number of nitrogens with one attached hydrogen (secondary N) is 1. The van der Waals surface area contributed by atoms with Crippen molar-refractivity contribution >= 4 is 5.78 Å². The van der Waals surface area contributed by atoms with Crippen molar-refractivity contribution in [2.24, 2.45) is 5.92 Å². The number of hydrogen-bond donors (Lipinski definition) is 1. The van der Waals surface area contributed by atoms with Gasteiger partial charge in [-0.15, -0.1) is 0 Å². The van der Waals surface area contributed by atoms with E-state index >= 15 is 0 Å². The summed E-state index contributed by atoms with van der Waals surface area (Å²) in [6.45, 7) is 4.89. The van der Waals surface area contributed by atoms with Gasteiger partial charge < -0.3 is 5.32 Å². The van der Waals surface area contributed by atoms with Crippen LogP contribution in [0, 0.1) is 5.92 Å². The second-order valence-corrected chi connectivity index (χ2v) is 4.13. The quantitative estimate of drug-likeness (QED) is 0.682. The number of allylic oxidation sites excluding steroid dienone is 1. The van der Waals surface area contributed by atoms with E-state index in [-0.39, 0.29) is 5.78 Å². The molecule has 0 aliphatic heterocycles. The fourth-order valence-electron chi connectivity index (χ4n) is 2.06. The van der Waals surface area contributed by atoms with Gasteiger partial charge in [0.05, 0.1) is 0 Å². The monoisotopic (exact) mass is 195 g/mol. The molecule has 1 fully saturated rings. The van der Waals surface area contributed by atoms with Crippen LogP contribution in [0.1, 0.15) is 39.5 Å². The number of carbonyl (C=O) groups excluding carboxylic acids is 1. The Morgan fingerprint density at radius 3 is 2.93 bits per heavy atom. The molecule has 2 atom stereocenters. The fourth-order valence-corrected chi connectivity index (χ4v) is 2.06. The molecule has 1 N–H and O–H groups in total. The van der Waals surface area contributed by atoms with Crippen molar-refractivity contribution in [1.29, 1.82) is 0 Å². The molecule has 2 nitrogen and oxygen atoms in total. The van der Waals surface area contributed by atoms with Crippen molar-refractivity contribution in [3.8, 4) is 0 Å². The third-order valence-electron chi connectivity index (χ3n) is 2.80. The summed E-state index contributed by atoms with van der Waals surface area (Å²) in [5.41, 5.74) is 0. The van der Waals surface area contributed by atoms with Crippen LogP contribution >= 0.6 is 0 Å². The SMILES string of the molecule is CCCNC1CCCC1/C=C\C(C)=O. The summed E-state index contributed by atoms with van der Waals surface area (Å²) in [5, 5.41) is 3.54. The van der Waals surface area contributed by atoms with Gasteiger partial charge in [-0.3, -0.25) is 4.79 Å². The molecule has 2 heteroatoms. The van der Waals surface area contributed by atoms with Crippen molar-refractivity contribution in [3.05, 3.63) is 12.2 Å². The lowest BCUT2D eigenvalue weighted by atomic mass is 10.0. The highest BCUT2D eigenvalue weighted by Crippen LogP contribution is 2.26. The van der Waals surface area contributed by atoms with Crippen LogP contribution in [0.25, 0.3) is 0 Å². The lowest BCUT2D eigenvalue weighted by Crippen LogP contribution is -2.32. The highest BCUT2D eigenvalue weighted by Gasteiger charge is 2.23. The Balaban J connectivity index is 2.38. The molecule has 0 aromatic heterocycles. The lowest BCUT2D eigenvalue weighted by molar-refractivity contribution is -0.112. The molecular weight excluding hydrogens is 174 g/mol. The topological polar surface area (TPSA) is 29.1 Å². The Bertz CT molecular complexity index is 210. The minimum absolute atomic E-state index is 0.158. The Hall–Kier alpha value is -0.630. The van der Waals surface area contributed by atoms with Gasteiger partial charge in [-0.2, -0.15) is 0 Å². The number of rotatable bonds is 5. The standard InChI is InChI=1S/C12H21NO/c1-3-9-13-12-6-4-5-11(12)8-7-10(2)14/h7-8,11-13H,3-6,9H2,1-2H3/b8-7-. The van der Waals surface area contributed by atoms with E-state index in [9.17, 15) is 4.79 Å². The molecule has 0 radical (unpaired) electrons. The molecule has 0 amide bonds. The van der Waals surface area contributed by atoms with Crippen molar-refractivity contribution in [2.75, 3.05) is 6.54 Å². The zero-order valence-corrected chi connectivity index (χ0v) is 9.25. The van der Waals surface area contributed by atoms with Gasteiger partial charge in [-0.05, 0) is 44.7 Å². The van der Waals surface area contributed by atoms with Crippen LogP contribution in [0.4, 0.5) is 0 Å². The molecule has 0 aromatic rings. The first kappa shape index (κ1) is 11.4. The van der Waals surface area contributed by atoms with Crippen molar-refractivity contribution < 1.29 is 4.79 Å². The largest absolute Gasteiger partial charge is 0.313 e. The molecule has 2 unspecified atom stereocenters. The van der Waals surface area contributed by atoms with Gasteiger partial charge in [0.2, 0.25) is 0 Å². The van der Waals surface area contributed by atoms with Crippen LogP contribution in [0.2, 0.25) is 0 Å². The molecule has 1 aliphatic carbocycles. The lowest BCUT2D eigenvalue weighted by Gasteiger charge is -2.17. The second-order valence-electron chi connectivity index (χ2n) is 4.13. The summed E-state index contributed by atoms with van der Waals surface area (Å²) in [7, 11) is 0. The second kappa shape index (κ2) is 5.97. The van der Waals surface area contributed by atoms with E-state index in [1.54, 1.807) is 13.0 Å². The summed E-state index contributed by atoms with van der Waals surface area (Å²) in [6.07, 6.45) is 8.76. The molecular formula is C12H21NO. The predicted molar refractivity (Wildman–Crippen MR) is 59.2 cm³/mol. The first-order valence-corrected chi connectivity index (χ1v) is 5.66. The van der Waals surface area contributed by atoms with Gasteiger partial charge in [0.1, 0.15) is 0 Å². The van der Waals surface area contributed by atoms with E-state index in [0.717, 1.165) is 6.54 Å². The average molecular weight is 195 g/mol. The number of ketones is 1. The zero-order chi connectivity index (χ0) is 10.4. The van der Waals surface area contributed by atoms with E-state index in [2.05, 4.69) is 18.3 Å². The normalized spacial score (nSPS) is 27.3. The van der Waals surface area contributed by atoms with Crippen molar-refractivity contribution in [1.82, 2.24) is 5.32 Å². The molecule has 1 rings (SSSR count). The molecule has 0 bridgehead atoms. The summed E-state index contributed by atoms with van der Waals surface area (Å²) < 4.78 is 0. The first-order chi connectivity index (χ1) is 6.74. The van der Waals surface area contributed by atoms with Crippen LogP contribution < -0.4 is 5.32 Å². The molecule has 0 saturated heterocycles. The van der Waals surface area contributed by atoms with E-state index in [1.165, 1.54) is 25.7 Å². The summed E-state index contributed by atoms with van der Waals surface area (Å²) in [4.78, 5) is 10.8. The van der Waals surface area contributed by atoms with Gasteiger partial charge in [0.25, 0.3) is 0 Å². The molecule has 14 heavy (non-hydrogen) atoms. The summed E-state index contributed by atoms with van der Waals surface area (Å²) >= 11 is 0. The van der Waals surface area contributed by atoms with Crippen LogP contribution in [0.5, 0.6) is 0 Å². The fraction of sp³-hybridized carbons (Fsp3) is 0.750. The van der Waals surface area contributed by atoms with E-state index in [4.69, 9.17) is 0 Å². The smallest absolute Gasteiger partial charge is 0.152 e.